The first-order chi connectivity index (χ1) is 9.56. The molecule has 0 saturated carbocycles. The third kappa shape index (κ3) is 1.91. The van der Waals surface area contributed by atoms with Gasteiger partial charge in [0.2, 0.25) is 0 Å². The van der Waals surface area contributed by atoms with Crippen molar-refractivity contribution in [3.8, 4) is 11.1 Å². The van der Waals surface area contributed by atoms with Crippen molar-refractivity contribution in [3.63, 3.8) is 0 Å². The van der Waals surface area contributed by atoms with Crippen LogP contribution in [-0.2, 0) is 7.05 Å². The first kappa shape index (κ1) is 12.3. The summed E-state index contributed by atoms with van der Waals surface area (Å²) in [5.74, 6) is -1.01. The highest BCUT2D eigenvalue weighted by atomic mass is 16.4. The number of anilines is 1. The van der Waals surface area contributed by atoms with E-state index in [1.54, 1.807) is 18.2 Å². The lowest BCUT2D eigenvalue weighted by molar-refractivity contribution is 0.0698. The molecule has 0 spiro atoms. The van der Waals surface area contributed by atoms with Gasteiger partial charge in [0.25, 0.3) is 0 Å². The first-order valence-corrected chi connectivity index (χ1v) is 6.24. The average molecular weight is 266 g/mol. The van der Waals surface area contributed by atoms with Crippen molar-refractivity contribution in [2.45, 2.75) is 0 Å². The average Bonchev–Trinajstić information content (AvgIpc) is 2.79. The molecule has 0 aliphatic heterocycles. The fraction of sp³-hybridized carbons (Fsp3) is 0.0625. The van der Waals surface area contributed by atoms with E-state index in [2.05, 4.69) is 10.6 Å². The number of aromatic carboxylic acids is 1. The van der Waals surface area contributed by atoms with Crippen LogP contribution in [0.25, 0.3) is 22.0 Å². The monoisotopic (exact) mass is 266 g/mol. The molecule has 0 radical (unpaired) electrons. The third-order valence-electron chi connectivity index (χ3n) is 3.50. The maximum atomic E-state index is 11.0. The zero-order valence-corrected chi connectivity index (χ0v) is 11.0. The topological polar surface area (TPSA) is 68.2 Å². The summed E-state index contributed by atoms with van der Waals surface area (Å²) in [6.07, 6.45) is 2.01. The molecule has 1 heterocycles. The normalized spacial score (nSPS) is 10.8. The molecule has 1 aromatic heterocycles. The van der Waals surface area contributed by atoms with Crippen LogP contribution in [0.3, 0.4) is 0 Å². The predicted molar refractivity (Wildman–Crippen MR) is 79.7 cm³/mol. The van der Waals surface area contributed by atoms with E-state index in [0.717, 1.165) is 22.0 Å². The van der Waals surface area contributed by atoms with Crippen LogP contribution in [0.15, 0.2) is 48.7 Å². The second-order valence-electron chi connectivity index (χ2n) is 4.81. The summed E-state index contributed by atoms with van der Waals surface area (Å²) in [6, 6.07) is 13.2. The van der Waals surface area contributed by atoms with Crippen LogP contribution in [0.5, 0.6) is 0 Å². The van der Waals surface area contributed by atoms with Crippen molar-refractivity contribution >= 4 is 22.6 Å². The van der Waals surface area contributed by atoms with Crippen molar-refractivity contribution in [1.29, 1.82) is 0 Å². The largest absolute Gasteiger partial charge is 0.478 e. The number of carboxylic acids is 1. The van der Waals surface area contributed by atoms with Gasteiger partial charge in [0.15, 0.2) is 0 Å². The molecule has 0 saturated heterocycles. The van der Waals surface area contributed by atoms with Crippen LogP contribution in [-0.4, -0.2) is 15.6 Å². The molecule has 3 aromatic rings. The molecular formula is C16H14N2O2. The highest BCUT2D eigenvalue weighted by Crippen LogP contribution is 2.27. The van der Waals surface area contributed by atoms with E-state index in [-0.39, 0.29) is 11.3 Å². The number of benzene rings is 2. The molecular weight excluding hydrogens is 252 g/mol. The molecule has 3 N–H and O–H groups in total. The number of fused-ring (bicyclic) bond motifs is 1. The van der Waals surface area contributed by atoms with Crippen LogP contribution in [0.2, 0.25) is 0 Å². The van der Waals surface area contributed by atoms with Gasteiger partial charge in [-0.3, -0.25) is 0 Å². The molecule has 0 fully saturated rings. The second kappa shape index (κ2) is 4.42. The number of nitrogens with zero attached hydrogens (tertiary/aromatic N) is 1. The fourth-order valence-corrected chi connectivity index (χ4v) is 2.40. The fourth-order valence-electron chi connectivity index (χ4n) is 2.40. The summed E-state index contributed by atoms with van der Waals surface area (Å²) >= 11 is 0. The Morgan fingerprint density at radius 2 is 1.80 bits per heavy atom. The van der Waals surface area contributed by atoms with Crippen LogP contribution >= 0.6 is 0 Å². The lowest BCUT2D eigenvalue weighted by Crippen LogP contribution is -2.02. The van der Waals surface area contributed by atoms with Gasteiger partial charge in [-0.2, -0.15) is 0 Å². The van der Waals surface area contributed by atoms with Crippen molar-refractivity contribution in [3.05, 3.63) is 54.2 Å². The van der Waals surface area contributed by atoms with Gasteiger partial charge in [-0.15, -0.1) is 0 Å². The Bertz CT molecular complexity index is 818. The lowest BCUT2D eigenvalue weighted by Gasteiger charge is -2.06. The van der Waals surface area contributed by atoms with Crippen molar-refractivity contribution < 1.29 is 9.90 Å². The number of aryl methyl sites for hydroxylation is 1. The Labute approximate surface area is 116 Å². The van der Waals surface area contributed by atoms with Gasteiger partial charge in [0.05, 0.1) is 5.56 Å². The van der Waals surface area contributed by atoms with E-state index in [1.165, 1.54) is 0 Å². The minimum absolute atomic E-state index is 0.134. The highest BCUT2D eigenvalue weighted by Gasteiger charge is 2.09. The molecule has 0 atom stereocenters. The van der Waals surface area contributed by atoms with E-state index in [0.29, 0.717) is 0 Å². The second-order valence-corrected chi connectivity index (χ2v) is 4.81. The zero-order chi connectivity index (χ0) is 14.3. The Morgan fingerprint density at radius 1 is 1.10 bits per heavy atom. The Balaban J connectivity index is 2.10. The number of carbonyl (C=O) groups is 1. The smallest absolute Gasteiger partial charge is 0.337 e. The minimum Gasteiger partial charge on any atom is -0.478 e. The van der Waals surface area contributed by atoms with Crippen LogP contribution in [0.1, 0.15) is 10.4 Å². The molecule has 0 aliphatic rings. The molecule has 100 valence electrons. The van der Waals surface area contributed by atoms with E-state index >= 15 is 0 Å². The number of nitrogen functional groups attached to an aromatic ring is 1. The van der Waals surface area contributed by atoms with Gasteiger partial charge < -0.3 is 15.4 Å². The zero-order valence-electron chi connectivity index (χ0n) is 11.0. The van der Waals surface area contributed by atoms with Crippen LogP contribution in [0, 0.1) is 0 Å². The highest BCUT2D eigenvalue weighted by molar-refractivity contribution is 5.95. The number of aromatic nitrogens is 1. The molecule has 0 unspecified atom stereocenters. The van der Waals surface area contributed by atoms with E-state index in [9.17, 15) is 4.79 Å². The quantitative estimate of drug-likeness (QED) is 0.700. The summed E-state index contributed by atoms with van der Waals surface area (Å²) in [5, 5.41) is 10.1. The van der Waals surface area contributed by atoms with E-state index < -0.39 is 5.97 Å². The number of hydrogen-bond acceptors (Lipinski definition) is 2. The third-order valence-corrected chi connectivity index (χ3v) is 3.50. The number of hydrogen-bond donors (Lipinski definition) is 2. The summed E-state index contributed by atoms with van der Waals surface area (Å²) in [7, 11) is 2.00. The summed E-state index contributed by atoms with van der Waals surface area (Å²) in [5.41, 5.74) is 9.30. The van der Waals surface area contributed by atoms with E-state index in [4.69, 9.17) is 10.8 Å². The van der Waals surface area contributed by atoms with Crippen LogP contribution in [0.4, 0.5) is 5.69 Å². The molecule has 0 bridgehead atoms. The summed E-state index contributed by atoms with van der Waals surface area (Å²) < 4.78 is 2.06. The molecule has 0 amide bonds. The number of rotatable bonds is 2. The van der Waals surface area contributed by atoms with Gasteiger partial charge in [-0.25, -0.2) is 4.79 Å². The Hall–Kier alpha value is -2.75. The van der Waals surface area contributed by atoms with Gasteiger partial charge in [-0.1, -0.05) is 12.1 Å². The number of nitrogens with two attached hydrogens (primary N) is 1. The maximum Gasteiger partial charge on any atom is 0.337 e. The van der Waals surface area contributed by atoms with Gasteiger partial charge in [-0.05, 0) is 41.5 Å². The van der Waals surface area contributed by atoms with Crippen molar-refractivity contribution in [1.82, 2.24) is 4.57 Å². The Kier molecular flexibility index (Phi) is 2.71. The summed E-state index contributed by atoms with van der Waals surface area (Å²) in [6.45, 7) is 0. The molecule has 2 aromatic carbocycles. The van der Waals surface area contributed by atoms with Gasteiger partial charge >= 0.3 is 5.97 Å². The maximum absolute atomic E-state index is 11.0. The van der Waals surface area contributed by atoms with Crippen molar-refractivity contribution in [2.24, 2.45) is 7.05 Å². The molecule has 4 heteroatoms. The Morgan fingerprint density at radius 3 is 2.50 bits per heavy atom. The molecule has 3 rings (SSSR count). The van der Waals surface area contributed by atoms with Gasteiger partial charge in [0, 0.05) is 29.8 Å². The SMILES string of the molecule is Cn1ccc2cc(-c3ccc(C(=O)O)c(N)c3)ccc21. The molecule has 4 nitrogen and oxygen atoms in total. The van der Waals surface area contributed by atoms with E-state index in [1.807, 2.05) is 31.4 Å². The number of carboxylic acid groups (broad SMARTS) is 1. The minimum atomic E-state index is -1.01. The molecule has 0 aliphatic carbocycles. The lowest BCUT2D eigenvalue weighted by atomic mass is 10.0. The standard InChI is InChI=1S/C16H14N2O2/c1-18-7-6-12-8-10(3-5-15(12)18)11-2-4-13(16(19)20)14(17)9-11/h2-9H,17H2,1H3,(H,19,20). The predicted octanol–water partition coefficient (Wildman–Crippen LogP) is 3.13. The van der Waals surface area contributed by atoms with Crippen LogP contribution < -0.4 is 5.73 Å². The first-order valence-electron chi connectivity index (χ1n) is 6.24. The summed E-state index contributed by atoms with van der Waals surface area (Å²) in [4.78, 5) is 11.0. The van der Waals surface area contributed by atoms with Crippen molar-refractivity contribution in [2.75, 3.05) is 5.73 Å². The molecule has 20 heavy (non-hydrogen) atoms. The van der Waals surface area contributed by atoms with Gasteiger partial charge in [0.1, 0.15) is 0 Å².